The molecule has 8 nitrogen and oxygen atoms in total. The molecule has 1 saturated heterocycles. The number of nitrogen functional groups attached to an aromatic ring is 1. The molecule has 1 aromatic carbocycles. The number of aliphatic hydroxyl groups is 1. The van der Waals surface area contributed by atoms with Gasteiger partial charge in [-0.3, -0.25) is 4.79 Å². The predicted octanol–water partition coefficient (Wildman–Crippen LogP) is 2.90. The molecule has 2 aromatic heterocycles. The van der Waals surface area contributed by atoms with Crippen LogP contribution in [0.1, 0.15) is 48.7 Å². The minimum atomic E-state index is -0.885. The van der Waals surface area contributed by atoms with Gasteiger partial charge < -0.3 is 20.5 Å². The first kappa shape index (κ1) is 22.1. The highest BCUT2D eigenvalue weighted by Crippen LogP contribution is 2.37. The van der Waals surface area contributed by atoms with E-state index < -0.39 is 23.0 Å². The molecule has 32 heavy (non-hydrogen) atoms. The van der Waals surface area contributed by atoms with Crippen molar-refractivity contribution >= 4 is 23.1 Å². The zero-order chi connectivity index (χ0) is 23.0. The van der Waals surface area contributed by atoms with Crippen LogP contribution in [0, 0.1) is 11.6 Å². The number of rotatable bonds is 7. The molecule has 3 N–H and O–H groups in total. The summed E-state index contributed by atoms with van der Waals surface area (Å²) in [5, 5.41) is 13.5. The molecule has 1 fully saturated rings. The molecule has 0 bridgehead atoms. The van der Waals surface area contributed by atoms with E-state index in [2.05, 4.69) is 10.1 Å². The summed E-state index contributed by atoms with van der Waals surface area (Å²) in [4.78, 5) is 19.3. The normalized spacial score (nSPS) is 16.8. The second-order valence-corrected chi connectivity index (χ2v) is 8.46. The molecule has 3 aromatic rings. The Morgan fingerprint density at radius 2 is 2.12 bits per heavy atom. The summed E-state index contributed by atoms with van der Waals surface area (Å²) in [5.41, 5.74) is 5.74. The number of hydrogen-bond donors (Lipinski definition) is 2. The van der Waals surface area contributed by atoms with E-state index in [0.29, 0.717) is 18.8 Å². The molecular formula is C22H25F2N5O3. The van der Waals surface area contributed by atoms with Gasteiger partial charge in [-0.05, 0) is 51.0 Å². The molecule has 0 aliphatic carbocycles. The van der Waals surface area contributed by atoms with Crippen molar-refractivity contribution in [2.24, 2.45) is 0 Å². The van der Waals surface area contributed by atoms with E-state index in [9.17, 15) is 18.7 Å². The number of Topliss-reactive ketones (excluding diaryl/α,β-unsaturated/α-hetero) is 1. The van der Waals surface area contributed by atoms with E-state index in [1.807, 2.05) is 4.90 Å². The standard InChI is InChI=1S/C22H25F2N5O3/c1-22(2,12-30)32-11-17(31)19-20(25)27-29-9-7-18(26-21(19)29)28-8-3-4-16(28)14-10-13(23)5-6-15(14)24/h5-7,9-10,16,30H,3-4,8,11-12H2,1-2H3,(H2,25,27)/t16-/m1/s1. The third kappa shape index (κ3) is 4.15. The SMILES string of the molecule is CC(C)(CO)OCC(=O)c1c(N)nn2ccc(N3CCC[C@@H]3c3cc(F)ccc3F)nc12. The van der Waals surface area contributed by atoms with Crippen molar-refractivity contribution in [1.29, 1.82) is 0 Å². The first-order valence-electron chi connectivity index (χ1n) is 10.3. The molecule has 10 heteroatoms. The van der Waals surface area contributed by atoms with E-state index >= 15 is 0 Å². The number of nitrogens with two attached hydrogens (primary N) is 1. The zero-order valence-electron chi connectivity index (χ0n) is 17.9. The van der Waals surface area contributed by atoms with Gasteiger partial charge in [-0.25, -0.2) is 18.3 Å². The first-order valence-corrected chi connectivity index (χ1v) is 10.3. The van der Waals surface area contributed by atoms with Crippen LogP contribution in [0.15, 0.2) is 30.5 Å². The summed E-state index contributed by atoms with van der Waals surface area (Å²) in [6.07, 6.45) is 3.05. The number of halogens is 2. The molecule has 0 unspecified atom stereocenters. The number of fused-ring (bicyclic) bond motifs is 1. The van der Waals surface area contributed by atoms with Crippen molar-refractivity contribution in [3.05, 3.63) is 53.2 Å². The largest absolute Gasteiger partial charge is 0.393 e. The first-order chi connectivity index (χ1) is 15.2. The number of benzene rings is 1. The molecule has 3 heterocycles. The Hall–Kier alpha value is -3.11. The van der Waals surface area contributed by atoms with Gasteiger partial charge in [0.05, 0.1) is 18.2 Å². The second-order valence-electron chi connectivity index (χ2n) is 8.46. The summed E-state index contributed by atoms with van der Waals surface area (Å²) < 4.78 is 35.1. The van der Waals surface area contributed by atoms with Gasteiger partial charge >= 0.3 is 0 Å². The molecule has 1 aliphatic rings. The maximum atomic E-state index is 14.4. The molecule has 0 saturated carbocycles. The monoisotopic (exact) mass is 445 g/mol. The predicted molar refractivity (Wildman–Crippen MR) is 115 cm³/mol. The van der Waals surface area contributed by atoms with Crippen molar-refractivity contribution in [3.63, 3.8) is 0 Å². The Morgan fingerprint density at radius 3 is 2.88 bits per heavy atom. The Bertz CT molecular complexity index is 1160. The maximum Gasteiger partial charge on any atom is 0.196 e. The Kier molecular flexibility index (Phi) is 5.83. The van der Waals surface area contributed by atoms with E-state index in [1.165, 1.54) is 10.6 Å². The topological polar surface area (TPSA) is 106 Å². The van der Waals surface area contributed by atoms with Crippen LogP contribution in [0.5, 0.6) is 0 Å². The number of hydrogen-bond acceptors (Lipinski definition) is 7. The average molecular weight is 445 g/mol. The van der Waals surface area contributed by atoms with Crippen molar-refractivity contribution in [1.82, 2.24) is 14.6 Å². The summed E-state index contributed by atoms with van der Waals surface area (Å²) >= 11 is 0. The quantitative estimate of drug-likeness (QED) is 0.539. The molecule has 1 aliphatic heterocycles. The van der Waals surface area contributed by atoms with Gasteiger partial charge in [-0.15, -0.1) is 5.10 Å². The Morgan fingerprint density at radius 1 is 1.34 bits per heavy atom. The highest BCUT2D eigenvalue weighted by atomic mass is 19.1. The number of ether oxygens (including phenoxy) is 1. The van der Waals surface area contributed by atoms with E-state index in [1.54, 1.807) is 26.1 Å². The minimum Gasteiger partial charge on any atom is -0.393 e. The maximum absolute atomic E-state index is 14.4. The average Bonchev–Trinajstić information content (AvgIpc) is 3.37. The van der Waals surface area contributed by atoms with Crippen LogP contribution in [0.25, 0.3) is 5.65 Å². The minimum absolute atomic E-state index is 0.0131. The van der Waals surface area contributed by atoms with Gasteiger partial charge in [0, 0.05) is 18.3 Å². The fraction of sp³-hybridized carbons (Fsp3) is 0.409. The van der Waals surface area contributed by atoms with Gasteiger partial charge in [-0.2, -0.15) is 0 Å². The molecule has 1 atom stereocenters. The second kappa shape index (κ2) is 8.44. The van der Waals surface area contributed by atoms with Gasteiger partial charge in [0.2, 0.25) is 0 Å². The molecule has 170 valence electrons. The number of aromatic nitrogens is 3. The smallest absolute Gasteiger partial charge is 0.196 e. The van der Waals surface area contributed by atoms with E-state index in [0.717, 1.165) is 18.6 Å². The number of aliphatic hydroxyl groups excluding tert-OH is 1. The molecule has 0 spiro atoms. The summed E-state index contributed by atoms with van der Waals surface area (Å²) in [6.45, 7) is 3.38. The third-order valence-corrected chi connectivity index (χ3v) is 5.62. The third-order valence-electron chi connectivity index (χ3n) is 5.62. The van der Waals surface area contributed by atoms with Crippen molar-refractivity contribution in [3.8, 4) is 0 Å². The number of carbonyl (C=O) groups is 1. The van der Waals surface area contributed by atoms with E-state index in [4.69, 9.17) is 10.5 Å². The summed E-state index contributed by atoms with van der Waals surface area (Å²) in [6, 6.07) is 4.75. The number of nitrogens with zero attached hydrogens (tertiary/aromatic N) is 4. The Balaban J connectivity index is 1.68. The number of ketones is 1. The molecule has 0 radical (unpaired) electrons. The van der Waals surface area contributed by atoms with Crippen LogP contribution in [0.2, 0.25) is 0 Å². The van der Waals surface area contributed by atoms with E-state index in [-0.39, 0.29) is 41.8 Å². The highest BCUT2D eigenvalue weighted by molar-refractivity contribution is 6.06. The zero-order valence-corrected chi connectivity index (χ0v) is 17.9. The summed E-state index contributed by atoms with van der Waals surface area (Å²) in [7, 11) is 0. The molecule has 0 amide bonds. The Labute approximate surface area is 183 Å². The van der Waals surface area contributed by atoms with Crippen molar-refractivity contribution < 1.29 is 23.4 Å². The lowest BCUT2D eigenvalue weighted by atomic mass is 10.0. The lowest BCUT2D eigenvalue weighted by Gasteiger charge is -2.26. The van der Waals surface area contributed by atoms with Crippen molar-refractivity contribution in [2.75, 3.05) is 30.4 Å². The van der Waals surface area contributed by atoms with Gasteiger partial charge in [-0.1, -0.05) is 0 Å². The summed E-state index contributed by atoms with van der Waals surface area (Å²) in [5.74, 6) is -0.873. The lowest BCUT2D eigenvalue weighted by Crippen LogP contribution is -2.31. The van der Waals surface area contributed by atoms with Crippen LogP contribution >= 0.6 is 0 Å². The number of anilines is 2. The fourth-order valence-corrected chi connectivity index (χ4v) is 3.88. The highest BCUT2D eigenvalue weighted by Gasteiger charge is 2.31. The number of carbonyl (C=O) groups excluding carboxylic acids is 1. The van der Waals surface area contributed by atoms with Crippen molar-refractivity contribution in [2.45, 2.75) is 38.3 Å². The molecule has 4 rings (SSSR count). The fourth-order valence-electron chi connectivity index (χ4n) is 3.88. The van der Waals surface area contributed by atoms with Gasteiger partial charge in [0.1, 0.15) is 29.6 Å². The molecular weight excluding hydrogens is 420 g/mol. The van der Waals surface area contributed by atoms with Gasteiger partial charge in [0.25, 0.3) is 0 Å². The van der Waals surface area contributed by atoms with Crippen LogP contribution < -0.4 is 10.6 Å². The van der Waals surface area contributed by atoms with Crippen LogP contribution in [-0.4, -0.2) is 50.8 Å². The van der Waals surface area contributed by atoms with Gasteiger partial charge in [0.15, 0.2) is 17.2 Å². The van der Waals surface area contributed by atoms with Crippen LogP contribution in [0.4, 0.5) is 20.4 Å². The van der Waals surface area contributed by atoms with Crippen LogP contribution in [-0.2, 0) is 4.74 Å². The van der Waals surface area contributed by atoms with Crippen LogP contribution in [0.3, 0.4) is 0 Å². The lowest BCUT2D eigenvalue weighted by molar-refractivity contribution is -0.0446.